The normalized spacial score (nSPS) is 42.6. The van der Waals surface area contributed by atoms with Gasteiger partial charge in [0.15, 0.2) is 12.1 Å². The fourth-order valence-corrected chi connectivity index (χ4v) is 2.30. The lowest BCUT2D eigenvalue weighted by molar-refractivity contribution is -0.279. The van der Waals surface area contributed by atoms with Crippen LogP contribution in [0, 0.1) is 0 Å². The van der Waals surface area contributed by atoms with E-state index >= 15 is 0 Å². The van der Waals surface area contributed by atoms with Crippen molar-refractivity contribution in [1.29, 1.82) is 0 Å². The van der Waals surface area contributed by atoms with E-state index in [0.717, 1.165) is 0 Å². The van der Waals surface area contributed by atoms with Crippen molar-refractivity contribution in [3.05, 3.63) is 12.7 Å². The van der Waals surface area contributed by atoms with Crippen molar-refractivity contribution in [3.8, 4) is 0 Å². The monoisotopic (exact) mass is 260 g/mol. The Morgan fingerprint density at radius 2 is 2.00 bits per heavy atom. The molecule has 2 saturated heterocycles. The molecule has 0 amide bonds. The highest BCUT2D eigenvalue weighted by atomic mass is 16.8. The van der Waals surface area contributed by atoms with Crippen LogP contribution in [0.2, 0.25) is 0 Å². The predicted octanol–water partition coefficient (Wildman–Crippen LogP) is -0.213. The Bertz CT molecular complexity index is 305. The fourth-order valence-electron chi connectivity index (χ4n) is 2.30. The van der Waals surface area contributed by atoms with Crippen molar-refractivity contribution in [2.45, 2.75) is 50.3 Å². The summed E-state index contributed by atoms with van der Waals surface area (Å²) in [5.74, 6) is -0.805. The summed E-state index contributed by atoms with van der Waals surface area (Å²) in [5.41, 5.74) is 0. The van der Waals surface area contributed by atoms with Crippen LogP contribution in [0.3, 0.4) is 0 Å². The highest BCUT2D eigenvalue weighted by molar-refractivity contribution is 4.96. The number of ether oxygens (including phenoxy) is 4. The third-order valence-corrected chi connectivity index (χ3v) is 3.01. The number of rotatable bonds is 4. The summed E-state index contributed by atoms with van der Waals surface area (Å²) >= 11 is 0. The Balaban J connectivity index is 2.11. The van der Waals surface area contributed by atoms with Crippen LogP contribution in [0.25, 0.3) is 0 Å². The molecular formula is C12H20O6. The van der Waals surface area contributed by atoms with E-state index in [9.17, 15) is 10.2 Å². The van der Waals surface area contributed by atoms with Gasteiger partial charge in [-0.15, -0.1) is 6.58 Å². The van der Waals surface area contributed by atoms with Gasteiger partial charge in [-0.2, -0.15) is 0 Å². The molecule has 2 fully saturated rings. The molecule has 0 unspecified atom stereocenters. The Hall–Kier alpha value is -0.500. The van der Waals surface area contributed by atoms with E-state index in [1.165, 1.54) is 0 Å². The molecule has 0 bridgehead atoms. The van der Waals surface area contributed by atoms with Crippen LogP contribution < -0.4 is 0 Å². The molecule has 6 heteroatoms. The first-order valence-electron chi connectivity index (χ1n) is 6.01. The molecule has 0 saturated carbocycles. The molecule has 0 spiro atoms. The minimum Gasteiger partial charge on any atom is -0.394 e. The van der Waals surface area contributed by atoms with Crippen molar-refractivity contribution < 1.29 is 29.2 Å². The van der Waals surface area contributed by atoms with Crippen LogP contribution in [-0.4, -0.2) is 59.9 Å². The fraction of sp³-hybridized carbons (Fsp3) is 0.833. The highest BCUT2D eigenvalue weighted by Crippen LogP contribution is 2.37. The van der Waals surface area contributed by atoms with Gasteiger partial charge < -0.3 is 29.2 Å². The van der Waals surface area contributed by atoms with E-state index in [-0.39, 0.29) is 13.2 Å². The average molecular weight is 260 g/mol. The number of aliphatic hydroxyl groups is 2. The van der Waals surface area contributed by atoms with E-state index in [1.54, 1.807) is 19.9 Å². The van der Waals surface area contributed by atoms with Crippen molar-refractivity contribution in [2.75, 3.05) is 13.2 Å². The van der Waals surface area contributed by atoms with E-state index in [4.69, 9.17) is 18.9 Å². The summed E-state index contributed by atoms with van der Waals surface area (Å²) in [4.78, 5) is 0. The third-order valence-electron chi connectivity index (χ3n) is 3.01. The van der Waals surface area contributed by atoms with Gasteiger partial charge in [0.2, 0.25) is 0 Å². The summed E-state index contributed by atoms with van der Waals surface area (Å²) in [6.45, 7) is 7.07. The lowest BCUT2D eigenvalue weighted by Crippen LogP contribution is -2.57. The second-order valence-corrected chi connectivity index (χ2v) is 4.90. The van der Waals surface area contributed by atoms with Gasteiger partial charge in [-0.1, -0.05) is 6.08 Å². The Morgan fingerprint density at radius 3 is 2.61 bits per heavy atom. The van der Waals surface area contributed by atoms with Gasteiger partial charge in [0.05, 0.1) is 13.2 Å². The zero-order chi connectivity index (χ0) is 13.3. The van der Waals surface area contributed by atoms with Crippen LogP contribution in [0.4, 0.5) is 0 Å². The highest BCUT2D eigenvalue weighted by Gasteiger charge is 2.54. The standard InChI is InChI=1S/C12H20O6/c1-4-5-15-11-8(14)10-9(7(6-13)16-11)17-12(2,3)18-10/h4,7-11,13-14H,1,5-6H2,2-3H3/t7-,8-,9+,10-,11+/m1/s1. The first kappa shape index (κ1) is 13.9. The summed E-state index contributed by atoms with van der Waals surface area (Å²) in [7, 11) is 0. The Labute approximate surface area is 106 Å². The maximum absolute atomic E-state index is 10.1. The van der Waals surface area contributed by atoms with Crippen LogP contribution in [-0.2, 0) is 18.9 Å². The van der Waals surface area contributed by atoms with Crippen molar-refractivity contribution in [3.63, 3.8) is 0 Å². The Kier molecular flexibility index (Phi) is 4.05. The van der Waals surface area contributed by atoms with Gasteiger partial charge in [-0.25, -0.2) is 0 Å². The minimum absolute atomic E-state index is 0.221. The van der Waals surface area contributed by atoms with E-state index < -0.39 is 36.5 Å². The third kappa shape index (κ3) is 2.59. The number of fused-ring (bicyclic) bond motifs is 1. The number of hydrogen-bond donors (Lipinski definition) is 2. The summed E-state index contributed by atoms with van der Waals surface area (Å²) in [6.07, 6.45) is -1.88. The van der Waals surface area contributed by atoms with Crippen LogP contribution in [0.15, 0.2) is 12.7 Å². The van der Waals surface area contributed by atoms with Crippen molar-refractivity contribution in [2.24, 2.45) is 0 Å². The minimum atomic E-state index is -0.959. The molecule has 2 heterocycles. The molecule has 2 aliphatic rings. The van der Waals surface area contributed by atoms with Gasteiger partial charge in [0.1, 0.15) is 24.4 Å². The topological polar surface area (TPSA) is 77.4 Å². The smallest absolute Gasteiger partial charge is 0.187 e. The molecule has 0 aromatic rings. The molecule has 5 atom stereocenters. The quantitative estimate of drug-likeness (QED) is 0.681. The summed E-state index contributed by atoms with van der Waals surface area (Å²) in [6, 6.07) is 0. The van der Waals surface area contributed by atoms with Crippen LogP contribution in [0.1, 0.15) is 13.8 Å². The molecule has 0 aromatic carbocycles. The maximum atomic E-state index is 10.1. The number of hydrogen-bond acceptors (Lipinski definition) is 6. The summed E-state index contributed by atoms with van der Waals surface area (Å²) < 4.78 is 22.1. The van der Waals surface area contributed by atoms with Crippen molar-refractivity contribution in [1.82, 2.24) is 0 Å². The lowest BCUT2D eigenvalue weighted by Gasteiger charge is -2.38. The van der Waals surface area contributed by atoms with Crippen molar-refractivity contribution >= 4 is 0 Å². The van der Waals surface area contributed by atoms with E-state index in [2.05, 4.69) is 6.58 Å². The van der Waals surface area contributed by atoms with Crippen LogP contribution >= 0.6 is 0 Å². The largest absolute Gasteiger partial charge is 0.394 e. The van der Waals surface area contributed by atoms with Gasteiger partial charge in [-0.3, -0.25) is 0 Å². The van der Waals surface area contributed by atoms with Gasteiger partial charge in [0.25, 0.3) is 0 Å². The van der Waals surface area contributed by atoms with E-state index in [0.29, 0.717) is 0 Å². The first-order valence-corrected chi connectivity index (χ1v) is 6.01. The zero-order valence-corrected chi connectivity index (χ0v) is 10.6. The first-order chi connectivity index (χ1) is 8.48. The molecule has 0 aromatic heterocycles. The molecular weight excluding hydrogens is 240 g/mol. The molecule has 18 heavy (non-hydrogen) atoms. The second-order valence-electron chi connectivity index (χ2n) is 4.90. The Morgan fingerprint density at radius 1 is 1.33 bits per heavy atom. The lowest BCUT2D eigenvalue weighted by atomic mass is 9.99. The van der Waals surface area contributed by atoms with Gasteiger partial charge >= 0.3 is 0 Å². The molecule has 0 aliphatic carbocycles. The maximum Gasteiger partial charge on any atom is 0.187 e. The molecule has 2 N–H and O–H groups in total. The SMILES string of the molecule is C=CCO[C@H]1O[C@H](CO)[C@@H]2OC(C)(C)O[C@@H]2[C@H]1O. The average Bonchev–Trinajstić information content (AvgIpc) is 2.65. The van der Waals surface area contributed by atoms with Gasteiger partial charge in [-0.05, 0) is 13.8 Å². The molecule has 2 rings (SSSR count). The molecule has 0 radical (unpaired) electrons. The van der Waals surface area contributed by atoms with E-state index in [1.807, 2.05) is 0 Å². The number of aliphatic hydroxyl groups excluding tert-OH is 2. The van der Waals surface area contributed by atoms with Gasteiger partial charge in [0, 0.05) is 0 Å². The molecule has 2 aliphatic heterocycles. The molecule has 6 nitrogen and oxygen atoms in total. The second kappa shape index (κ2) is 5.24. The zero-order valence-electron chi connectivity index (χ0n) is 10.6. The summed E-state index contributed by atoms with van der Waals surface area (Å²) in [5, 5.41) is 19.5. The molecule has 104 valence electrons. The predicted molar refractivity (Wildman–Crippen MR) is 61.7 cm³/mol. The van der Waals surface area contributed by atoms with Crippen LogP contribution in [0.5, 0.6) is 0 Å².